The van der Waals surface area contributed by atoms with E-state index in [4.69, 9.17) is 11.6 Å². The van der Waals surface area contributed by atoms with Crippen LogP contribution in [0.5, 0.6) is 0 Å². The Morgan fingerprint density at radius 3 is 2.41 bits per heavy atom. The number of likely N-dealkylation sites (N-methyl/N-ethyl adjacent to an activating group) is 1. The lowest BCUT2D eigenvalue weighted by Crippen LogP contribution is -2.44. The molecule has 0 radical (unpaired) electrons. The van der Waals surface area contributed by atoms with Gasteiger partial charge in [0, 0.05) is 31.2 Å². The van der Waals surface area contributed by atoms with Gasteiger partial charge in [0.2, 0.25) is 10.0 Å². The maximum absolute atomic E-state index is 12.8. The maximum atomic E-state index is 12.8. The molecule has 27 heavy (non-hydrogen) atoms. The molecule has 0 aromatic heterocycles. The van der Waals surface area contributed by atoms with Crippen LogP contribution in [0.3, 0.4) is 0 Å². The number of nitrogens with one attached hydrogen (secondary N) is 1. The SMILES string of the molecule is C[C@H](CS(=O)(=O)Nc1cc(Cl)ccc1N1CCN(C)CC1)c1ccccc1. The van der Waals surface area contributed by atoms with Gasteiger partial charge in [0.05, 0.1) is 17.1 Å². The second kappa shape index (κ2) is 8.50. The van der Waals surface area contributed by atoms with E-state index in [1.54, 1.807) is 12.1 Å². The predicted molar refractivity (Wildman–Crippen MR) is 113 cm³/mol. The summed E-state index contributed by atoms with van der Waals surface area (Å²) >= 11 is 6.15. The largest absolute Gasteiger partial charge is 0.367 e. The van der Waals surface area contributed by atoms with Crippen LogP contribution in [0.1, 0.15) is 18.4 Å². The highest BCUT2D eigenvalue weighted by Gasteiger charge is 2.22. The first kappa shape index (κ1) is 20.0. The van der Waals surface area contributed by atoms with Gasteiger partial charge in [0.25, 0.3) is 0 Å². The standard InChI is InChI=1S/C20H26ClN3O2S/c1-16(17-6-4-3-5-7-17)15-27(25,26)22-19-14-18(21)8-9-20(19)24-12-10-23(2)11-13-24/h3-9,14,16,22H,10-13,15H2,1-2H3/t16-/m1/s1. The normalized spacial score (nSPS) is 16.9. The Kier molecular flexibility index (Phi) is 6.29. The average Bonchev–Trinajstić information content (AvgIpc) is 2.63. The Morgan fingerprint density at radius 2 is 1.74 bits per heavy atom. The van der Waals surface area contributed by atoms with Crippen LogP contribution in [0.2, 0.25) is 5.02 Å². The lowest BCUT2D eigenvalue weighted by atomic mass is 10.0. The highest BCUT2D eigenvalue weighted by molar-refractivity contribution is 7.92. The topological polar surface area (TPSA) is 52.7 Å². The third kappa shape index (κ3) is 5.37. The number of hydrogen-bond acceptors (Lipinski definition) is 4. The van der Waals surface area contributed by atoms with Gasteiger partial charge in [-0.2, -0.15) is 0 Å². The number of anilines is 2. The molecule has 1 aliphatic heterocycles. The number of sulfonamides is 1. The van der Waals surface area contributed by atoms with Crippen LogP contribution in [0.25, 0.3) is 0 Å². The van der Waals surface area contributed by atoms with Crippen molar-refractivity contribution in [2.45, 2.75) is 12.8 Å². The molecular weight excluding hydrogens is 382 g/mol. The minimum atomic E-state index is -3.52. The smallest absolute Gasteiger partial charge is 0.233 e. The first-order valence-electron chi connectivity index (χ1n) is 9.12. The maximum Gasteiger partial charge on any atom is 0.233 e. The Bertz CT molecular complexity index is 866. The van der Waals surface area contributed by atoms with Gasteiger partial charge in [-0.1, -0.05) is 48.9 Å². The van der Waals surface area contributed by atoms with Crippen molar-refractivity contribution in [1.82, 2.24) is 4.90 Å². The number of hydrogen-bond donors (Lipinski definition) is 1. The summed E-state index contributed by atoms with van der Waals surface area (Å²) in [6.07, 6.45) is 0. The molecule has 1 saturated heterocycles. The Morgan fingerprint density at radius 1 is 1.07 bits per heavy atom. The molecule has 1 fully saturated rings. The molecule has 1 aliphatic rings. The summed E-state index contributed by atoms with van der Waals surface area (Å²) in [4.78, 5) is 4.46. The monoisotopic (exact) mass is 407 g/mol. The molecule has 146 valence electrons. The first-order valence-corrected chi connectivity index (χ1v) is 11.2. The molecule has 1 N–H and O–H groups in total. The molecule has 2 aromatic rings. The van der Waals surface area contributed by atoms with Gasteiger partial charge in [-0.3, -0.25) is 4.72 Å². The zero-order chi connectivity index (χ0) is 19.4. The Balaban J connectivity index is 1.78. The van der Waals surface area contributed by atoms with Crippen molar-refractivity contribution in [3.05, 3.63) is 59.1 Å². The summed E-state index contributed by atoms with van der Waals surface area (Å²) in [5.74, 6) is -0.0823. The molecule has 0 spiro atoms. The van der Waals surface area contributed by atoms with Gasteiger partial charge < -0.3 is 9.80 Å². The summed E-state index contributed by atoms with van der Waals surface area (Å²) in [6, 6.07) is 15.1. The van der Waals surface area contributed by atoms with Crippen molar-refractivity contribution in [2.24, 2.45) is 0 Å². The molecule has 0 saturated carbocycles. The van der Waals surface area contributed by atoms with Gasteiger partial charge in [-0.15, -0.1) is 0 Å². The molecule has 0 bridgehead atoms. The van der Waals surface area contributed by atoms with Crippen LogP contribution in [0.15, 0.2) is 48.5 Å². The third-order valence-corrected chi connectivity index (χ3v) is 6.61. The molecule has 2 aromatic carbocycles. The van der Waals surface area contributed by atoms with E-state index >= 15 is 0 Å². The van der Waals surface area contributed by atoms with E-state index < -0.39 is 10.0 Å². The number of benzene rings is 2. The first-order chi connectivity index (χ1) is 12.8. The summed E-state index contributed by atoms with van der Waals surface area (Å²) in [7, 11) is -1.43. The number of rotatable bonds is 6. The molecule has 3 rings (SSSR count). The number of halogens is 1. The predicted octanol–water partition coefficient (Wildman–Crippen LogP) is 3.64. The zero-order valence-electron chi connectivity index (χ0n) is 15.7. The summed E-state index contributed by atoms with van der Waals surface area (Å²) in [5.41, 5.74) is 2.43. The van der Waals surface area contributed by atoms with Crippen LogP contribution < -0.4 is 9.62 Å². The van der Waals surface area contributed by atoms with E-state index in [1.807, 2.05) is 43.3 Å². The van der Waals surface area contributed by atoms with Gasteiger partial charge in [-0.25, -0.2) is 8.42 Å². The fraction of sp³-hybridized carbons (Fsp3) is 0.400. The fourth-order valence-electron chi connectivity index (χ4n) is 3.33. The number of nitrogens with zero attached hydrogens (tertiary/aromatic N) is 2. The molecule has 1 heterocycles. The van der Waals surface area contributed by atoms with Crippen molar-refractivity contribution in [3.63, 3.8) is 0 Å². The van der Waals surface area contributed by atoms with E-state index in [0.717, 1.165) is 37.4 Å². The van der Waals surface area contributed by atoms with Gasteiger partial charge in [0.15, 0.2) is 0 Å². The van der Waals surface area contributed by atoms with E-state index in [0.29, 0.717) is 10.7 Å². The second-order valence-electron chi connectivity index (χ2n) is 7.15. The average molecular weight is 408 g/mol. The van der Waals surface area contributed by atoms with Crippen molar-refractivity contribution >= 4 is 33.0 Å². The molecule has 1 atom stereocenters. The van der Waals surface area contributed by atoms with Crippen molar-refractivity contribution in [2.75, 3.05) is 48.6 Å². The zero-order valence-corrected chi connectivity index (χ0v) is 17.3. The van der Waals surface area contributed by atoms with Gasteiger partial charge >= 0.3 is 0 Å². The van der Waals surface area contributed by atoms with E-state index in [1.165, 1.54) is 0 Å². The quantitative estimate of drug-likeness (QED) is 0.794. The van der Waals surface area contributed by atoms with Crippen molar-refractivity contribution in [1.29, 1.82) is 0 Å². The van der Waals surface area contributed by atoms with Gasteiger partial charge in [-0.05, 0) is 36.7 Å². The highest BCUT2D eigenvalue weighted by atomic mass is 35.5. The molecule has 0 unspecified atom stereocenters. The van der Waals surface area contributed by atoms with Crippen molar-refractivity contribution < 1.29 is 8.42 Å². The van der Waals surface area contributed by atoms with Crippen LogP contribution in [0.4, 0.5) is 11.4 Å². The van der Waals surface area contributed by atoms with Gasteiger partial charge in [0.1, 0.15) is 0 Å². The highest BCUT2D eigenvalue weighted by Crippen LogP contribution is 2.31. The minimum Gasteiger partial charge on any atom is -0.367 e. The van der Waals surface area contributed by atoms with E-state index in [-0.39, 0.29) is 11.7 Å². The van der Waals surface area contributed by atoms with Crippen LogP contribution in [0, 0.1) is 0 Å². The van der Waals surface area contributed by atoms with Crippen LogP contribution >= 0.6 is 11.6 Å². The Labute approximate surface area is 167 Å². The summed E-state index contributed by atoms with van der Waals surface area (Å²) in [5, 5.41) is 0.515. The molecular formula is C20H26ClN3O2S. The fourth-order valence-corrected chi connectivity index (χ4v) is 4.93. The van der Waals surface area contributed by atoms with Crippen LogP contribution in [-0.4, -0.2) is 52.3 Å². The molecule has 0 aliphatic carbocycles. The lowest BCUT2D eigenvalue weighted by molar-refractivity contribution is 0.313. The van der Waals surface area contributed by atoms with E-state index in [9.17, 15) is 8.42 Å². The Hall–Kier alpha value is -1.76. The third-order valence-electron chi connectivity index (χ3n) is 4.91. The summed E-state index contributed by atoms with van der Waals surface area (Å²) in [6.45, 7) is 5.52. The van der Waals surface area contributed by atoms with Crippen LogP contribution in [-0.2, 0) is 10.0 Å². The minimum absolute atomic E-state index is 0.0195. The number of piperazine rings is 1. The molecule has 0 amide bonds. The summed E-state index contributed by atoms with van der Waals surface area (Å²) < 4.78 is 28.4. The van der Waals surface area contributed by atoms with E-state index in [2.05, 4.69) is 21.6 Å². The second-order valence-corrected chi connectivity index (χ2v) is 9.35. The lowest BCUT2D eigenvalue weighted by Gasteiger charge is -2.35. The van der Waals surface area contributed by atoms with Crippen molar-refractivity contribution in [3.8, 4) is 0 Å². The molecule has 7 heteroatoms. The molecule has 5 nitrogen and oxygen atoms in total.